The highest BCUT2D eigenvalue weighted by Crippen LogP contribution is 2.09. The summed E-state index contributed by atoms with van der Waals surface area (Å²) in [6, 6.07) is 11.6. The van der Waals surface area contributed by atoms with Crippen molar-refractivity contribution in [2.45, 2.75) is 13.5 Å². The zero-order valence-electron chi connectivity index (χ0n) is 9.68. The highest BCUT2D eigenvalue weighted by atomic mass is 16.3. The van der Waals surface area contributed by atoms with Crippen molar-refractivity contribution >= 4 is 11.6 Å². The zero-order chi connectivity index (χ0) is 12.1. The van der Waals surface area contributed by atoms with E-state index < -0.39 is 0 Å². The summed E-state index contributed by atoms with van der Waals surface area (Å²) >= 11 is 0. The first-order valence-electron chi connectivity index (χ1n) is 5.40. The van der Waals surface area contributed by atoms with Crippen molar-refractivity contribution in [2.75, 3.05) is 5.32 Å². The third-order valence-electron chi connectivity index (χ3n) is 2.28. The van der Waals surface area contributed by atoms with Crippen LogP contribution in [0.3, 0.4) is 0 Å². The number of nitrogens with two attached hydrogens (primary N) is 1. The zero-order valence-corrected chi connectivity index (χ0v) is 9.68. The van der Waals surface area contributed by atoms with Crippen LogP contribution in [0.2, 0.25) is 0 Å². The number of hydrogen-bond acceptors (Lipinski definition) is 2. The number of hydrogen-bond donors (Lipinski definition) is 2. The molecule has 0 aliphatic carbocycles. The molecule has 0 bridgehead atoms. The lowest BCUT2D eigenvalue weighted by Gasteiger charge is -2.05. The Morgan fingerprint density at radius 3 is 2.94 bits per heavy atom. The van der Waals surface area contributed by atoms with E-state index in [-0.39, 0.29) is 0 Å². The molecule has 0 saturated carbocycles. The summed E-state index contributed by atoms with van der Waals surface area (Å²) in [4.78, 5) is 4.18. The van der Waals surface area contributed by atoms with Gasteiger partial charge >= 0.3 is 0 Å². The summed E-state index contributed by atoms with van der Waals surface area (Å²) in [5.74, 6) is 1.17. The molecule has 2 rings (SSSR count). The fourth-order valence-corrected chi connectivity index (χ4v) is 1.48. The van der Waals surface area contributed by atoms with Gasteiger partial charge in [-0.05, 0) is 36.8 Å². The molecule has 0 amide bonds. The highest BCUT2D eigenvalue weighted by Gasteiger charge is 1.97. The van der Waals surface area contributed by atoms with Gasteiger partial charge in [0, 0.05) is 5.69 Å². The van der Waals surface area contributed by atoms with Crippen LogP contribution < -0.4 is 11.1 Å². The van der Waals surface area contributed by atoms with E-state index in [4.69, 9.17) is 10.2 Å². The minimum Gasteiger partial charge on any atom is -0.467 e. The lowest BCUT2D eigenvalue weighted by atomic mass is 10.2. The first kappa shape index (κ1) is 11.3. The minimum absolute atomic E-state index is 0.381. The summed E-state index contributed by atoms with van der Waals surface area (Å²) in [5.41, 5.74) is 7.88. The summed E-state index contributed by atoms with van der Waals surface area (Å²) in [7, 11) is 0. The minimum atomic E-state index is 0.381. The predicted octanol–water partition coefficient (Wildman–Crippen LogP) is 2.51. The molecule has 1 aromatic carbocycles. The van der Waals surface area contributed by atoms with Crippen molar-refractivity contribution in [3.8, 4) is 0 Å². The van der Waals surface area contributed by atoms with Crippen molar-refractivity contribution in [1.82, 2.24) is 0 Å². The van der Waals surface area contributed by atoms with Crippen LogP contribution in [0.15, 0.2) is 52.1 Å². The number of furan rings is 1. The second-order valence-electron chi connectivity index (χ2n) is 3.78. The number of rotatable bonds is 3. The van der Waals surface area contributed by atoms with Crippen molar-refractivity contribution in [3.05, 3.63) is 54.0 Å². The number of aryl methyl sites for hydroxylation is 1. The first-order chi connectivity index (χ1) is 8.24. The van der Waals surface area contributed by atoms with Gasteiger partial charge < -0.3 is 15.5 Å². The molecular formula is C13H15N3O. The molecule has 0 atom stereocenters. The molecule has 17 heavy (non-hydrogen) atoms. The van der Waals surface area contributed by atoms with Gasteiger partial charge in [0.15, 0.2) is 5.96 Å². The van der Waals surface area contributed by atoms with E-state index in [9.17, 15) is 0 Å². The van der Waals surface area contributed by atoms with Gasteiger partial charge in [-0.25, -0.2) is 4.99 Å². The van der Waals surface area contributed by atoms with Crippen LogP contribution >= 0.6 is 0 Å². The molecule has 0 saturated heterocycles. The highest BCUT2D eigenvalue weighted by molar-refractivity contribution is 5.92. The fraction of sp³-hybridized carbons (Fsp3) is 0.154. The Morgan fingerprint density at radius 1 is 1.35 bits per heavy atom. The molecule has 4 nitrogen and oxygen atoms in total. The van der Waals surface area contributed by atoms with E-state index in [1.165, 1.54) is 5.56 Å². The Labute approximate surface area is 100 Å². The monoisotopic (exact) mass is 229 g/mol. The number of benzene rings is 1. The summed E-state index contributed by atoms with van der Waals surface area (Å²) < 4.78 is 5.16. The maximum atomic E-state index is 5.77. The van der Waals surface area contributed by atoms with Gasteiger partial charge in [0.05, 0.1) is 6.26 Å². The molecule has 88 valence electrons. The Balaban J connectivity index is 1.96. The largest absolute Gasteiger partial charge is 0.467 e. The topological polar surface area (TPSA) is 63.5 Å². The predicted molar refractivity (Wildman–Crippen MR) is 68.8 cm³/mol. The Hall–Kier alpha value is -2.23. The van der Waals surface area contributed by atoms with Gasteiger partial charge in [-0.3, -0.25) is 0 Å². The number of anilines is 1. The molecule has 0 radical (unpaired) electrons. The standard InChI is InChI=1S/C13H15N3O/c1-10-4-2-5-11(8-10)16-13(14)15-9-12-6-3-7-17-12/h2-8H,9H2,1H3,(H3,14,15,16). The normalized spacial score (nSPS) is 11.5. The smallest absolute Gasteiger partial charge is 0.193 e. The van der Waals surface area contributed by atoms with Gasteiger partial charge in [0.25, 0.3) is 0 Å². The molecule has 3 N–H and O–H groups in total. The number of nitrogens with one attached hydrogen (secondary N) is 1. The van der Waals surface area contributed by atoms with Gasteiger partial charge in [-0.1, -0.05) is 12.1 Å². The molecule has 0 aliphatic rings. The maximum Gasteiger partial charge on any atom is 0.193 e. The van der Waals surface area contributed by atoms with E-state index in [2.05, 4.69) is 10.3 Å². The number of nitrogens with zero attached hydrogens (tertiary/aromatic N) is 1. The molecule has 1 aromatic heterocycles. The quantitative estimate of drug-likeness (QED) is 0.628. The molecule has 2 aromatic rings. The molecule has 1 heterocycles. The summed E-state index contributed by atoms with van der Waals surface area (Å²) in [6.45, 7) is 2.47. The Morgan fingerprint density at radius 2 is 2.24 bits per heavy atom. The van der Waals surface area contributed by atoms with Crippen molar-refractivity contribution in [3.63, 3.8) is 0 Å². The first-order valence-corrected chi connectivity index (χ1v) is 5.40. The maximum absolute atomic E-state index is 5.77. The van der Waals surface area contributed by atoms with Crippen molar-refractivity contribution in [2.24, 2.45) is 10.7 Å². The van der Waals surface area contributed by atoms with Gasteiger partial charge in [0.1, 0.15) is 12.3 Å². The SMILES string of the molecule is Cc1cccc(NC(N)=NCc2ccco2)c1. The van der Waals surface area contributed by atoms with Crippen LogP contribution in [0.25, 0.3) is 0 Å². The van der Waals surface area contributed by atoms with Gasteiger partial charge in [-0.15, -0.1) is 0 Å². The Kier molecular flexibility index (Phi) is 3.45. The second kappa shape index (κ2) is 5.21. The number of guanidine groups is 1. The molecule has 0 fully saturated rings. The average Bonchev–Trinajstić information content (AvgIpc) is 2.79. The van der Waals surface area contributed by atoms with Crippen LogP contribution in [-0.4, -0.2) is 5.96 Å². The summed E-state index contributed by atoms with van der Waals surface area (Å²) in [6.07, 6.45) is 1.62. The van der Waals surface area contributed by atoms with E-state index in [1.807, 2.05) is 43.3 Å². The van der Waals surface area contributed by atoms with Crippen molar-refractivity contribution in [1.29, 1.82) is 0 Å². The van der Waals surface area contributed by atoms with Gasteiger partial charge in [0.2, 0.25) is 0 Å². The fourth-order valence-electron chi connectivity index (χ4n) is 1.48. The van der Waals surface area contributed by atoms with Gasteiger partial charge in [-0.2, -0.15) is 0 Å². The lowest BCUT2D eigenvalue weighted by Crippen LogP contribution is -2.22. The van der Waals surface area contributed by atoms with E-state index >= 15 is 0 Å². The van der Waals surface area contributed by atoms with Crippen LogP contribution in [0.1, 0.15) is 11.3 Å². The Bertz CT molecular complexity index is 503. The third-order valence-corrected chi connectivity index (χ3v) is 2.28. The summed E-state index contributed by atoms with van der Waals surface area (Å²) in [5, 5.41) is 3.03. The molecule has 0 unspecified atom stereocenters. The average molecular weight is 229 g/mol. The van der Waals surface area contributed by atoms with E-state index in [0.717, 1.165) is 11.4 Å². The lowest BCUT2D eigenvalue weighted by molar-refractivity contribution is 0.513. The van der Waals surface area contributed by atoms with Crippen molar-refractivity contribution < 1.29 is 4.42 Å². The van der Waals surface area contributed by atoms with Crippen LogP contribution in [0, 0.1) is 6.92 Å². The van der Waals surface area contributed by atoms with E-state index in [0.29, 0.717) is 12.5 Å². The third kappa shape index (κ3) is 3.38. The number of aliphatic imine (C=N–C) groups is 1. The molecule has 0 aliphatic heterocycles. The van der Waals surface area contributed by atoms with E-state index in [1.54, 1.807) is 6.26 Å². The molecule has 0 spiro atoms. The molecule has 4 heteroatoms. The molecular weight excluding hydrogens is 214 g/mol. The van der Waals surface area contributed by atoms with Crippen LogP contribution in [0.4, 0.5) is 5.69 Å². The van der Waals surface area contributed by atoms with Crippen LogP contribution in [-0.2, 0) is 6.54 Å². The van der Waals surface area contributed by atoms with Crippen LogP contribution in [0.5, 0.6) is 0 Å². The second-order valence-corrected chi connectivity index (χ2v) is 3.78.